The molecule has 7 heterocycles. The van der Waals surface area contributed by atoms with E-state index in [2.05, 4.69) is 90.9 Å². The van der Waals surface area contributed by atoms with E-state index in [9.17, 15) is 14.4 Å². The van der Waals surface area contributed by atoms with Crippen LogP contribution in [0.5, 0.6) is 0 Å². The maximum Gasteiger partial charge on any atom is 0.238 e. The molecule has 76 heavy (non-hydrogen) atoms. The van der Waals surface area contributed by atoms with Gasteiger partial charge in [0.2, 0.25) is 23.6 Å². The lowest BCUT2D eigenvalue weighted by molar-refractivity contribution is -0.140. The predicted octanol–water partition coefficient (Wildman–Crippen LogP) is 9.71. The van der Waals surface area contributed by atoms with Gasteiger partial charge in [0.15, 0.2) is 5.82 Å². The van der Waals surface area contributed by atoms with Crippen molar-refractivity contribution < 1.29 is 23.6 Å². The van der Waals surface area contributed by atoms with Crippen LogP contribution < -0.4 is 20.4 Å². The zero-order valence-corrected chi connectivity index (χ0v) is 44.7. The van der Waals surface area contributed by atoms with E-state index in [0.29, 0.717) is 74.0 Å². The van der Waals surface area contributed by atoms with Crippen LogP contribution in [0.25, 0.3) is 22.3 Å². The van der Waals surface area contributed by atoms with Crippen molar-refractivity contribution in [2.45, 2.75) is 146 Å². The molecule has 2 aromatic heterocycles. The molecule has 4 amide bonds. The summed E-state index contributed by atoms with van der Waals surface area (Å²) in [4.78, 5) is 75.6. The SMILES string of the molecule is CC(C)n1cnc2cc(-c3ccc4c(c3)N(C3CC(N5CCCCC5)C3)C(=O)C43CCN(C(=O)C4CCC(CN5CCC(N(C)c6ccc(C7CCC(=O)NC7=O)cc6)CC5)CC4)CC3)nc(Nc3ccccc3F)c21. The van der Waals surface area contributed by atoms with Gasteiger partial charge < -0.3 is 34.4 Å². The Bertz CT molecular complexity index is 2980. The minimum absolute atomic E-state index is 0.0351. The molecule has 15 heteroatoms. The molecule has 1 atom stereocenters. The number of hydrogen-bond donors (Lipinski definition) is 2. The van der Waals surface area contributed by atoms with Crippen LogP contribution in [0, 0.1) is 17.7 Å². The molecule has 0 bridgehead atoms. The zero-order valence-electron chi connectivity index (χ0n) is 44.7. The molecule has 1 spiro atoms. The summed E-state index contributed by atoms with van der Waals surface area (Å²) < 4.78 is 17.2. The number of piperidine rings is 4. The maximum absolute atomic E-state index is 15.3. The third kappa shape index (κ3) is 9.57. The molecular weight excluding hydrogens is 956 g/mol. The van der Waals surface area contributed by atoms with Gasteiger partial charge >= 0.3 is 0 Å². The van der Waals surface area contributed by atoms with E-state index in [1.807, 2.05) is 24.5 Å². The van der Waals surface area contributed by atoms with Gasteiger partial charge in [-0.1, -0.05) is 42.8 Å². The smallest absolute Gasteiger partial charge is 0.238 e. The number of benzene rings is 3. The number of amides is 4. The van der Waals surface area contributed by atoms with Crippen LogP contribution in [0.15, 0.2) is 79.1 Å². The lowest BCUT2D eigenvalue weighted by atomic mass is 9.72. The number of fused-ring (bicyclic) bond motifs is 3. The van der Waals surface area contributed by atoms with Crippen LogP contribution in [-0.4, -0.2) is 124 Å². The largest absolute Gasteiger partial charge is 0.372 e. The van der Waals surface area contributed by atoms with Crippen LogP contribution >= 0.6 is 0 Å². The molecule has 1 unspecified atom stereocenters. The van der Waals surface area contributed by atoms with Crippen molar-refractivity contribution in [3.05, 3.63) is 96.1 Å². The number of halogens is 1. The number of imidazole rings is 1. The topological polar surface area (TPSA) is 139 Å². The van der Waals surface area contributed by atoms with Gasteiger partial charge in [0.05, 0.1) is 34.6 Å². The molecular formula is C61H75FN10O4. The highest BCUT2D eigenvalue weighted by atomic mass is 19.1. The number of nitrogens with zero attached hydrogens (tertiary/aromatic N) is 8. The van der Waals surface area contributed by atoms with Gasteiger partial charge in [-0.3, -0.25) is 24.5 Å². The number of nitrogens with one attached hydrogen (secondary N) is 2. The molecule has 7 aliphatic rings. The monoisotopic (exact) mass is 1030 g/mol. The van der Waals surface area contributed by atoms with E-state index in [1.54, 1.807) is 18.2 Å². The van der Waals surface area contributed by atoms with Gasteiger partial charge in [-0.15, -0.1) is 0 Å². The number of anilines is 4. The Labute approximate surface area is 446 Å². The predicted molar refractivity (Wildman–Crippen MR) is 295 cm³/mol. The fourth-order valence-corrected chi connectivity index (χ4v) is 14.3. The van der Waals surface area contributed by atoms with Crippen molar-refractivity contribution in [2.24, 2.45) is 11.8 Å². The summed E-state index contributed by atoms with van der Waals surface area (Å²) in [5.74, 6) is 0.595. The fraction of sp³-hybridized carbons (Fsp3) is 0.541. The van der Waals surface area contributed by atoms with Crippen LogP contribution in [-0.2, 0) is 24.6 Å². The van der Waals surface area contributed by atoms with Gasteiger partial charge in [0, 0.05) is 93.2 Å². The maximum atomic E-state index is 15.3. The first-order valence-corrected chi connectivity index (χ1v) is 28.7. The highest BCUT2D eigenvalue weighted by Gasteiger charge is 2.56. The van der Waals surface area contributed by atoms with Gasteiger partial charge in [-0.05, 0) is 164 Å². The van der Waals surface area contributed by atoms with E-state index in [0.717, 1.165) is 123 Å². The minimum Gasteiger partial charge on any atom is -0.372 e. The second-order valence-electron chi connectivity index (χ2n) is 23.7. The first-order chi connectivity index (χ1) is 36.9. The molecule has 4 saturated heterocycles. The van der Waals surface area contributed by atoms with Crippen molar-refractivity contribution >= 4 is 57.5 Å². The van der Waals surface area contributed by atoms with E-state index in [-0.39, 0.29) is 53.4 Å². The molecule has 2 saturated carbocycles. The van der Waals surface area contributed by atoms with Crippen LogP contribution in [0.1, 0.15) is 133 Å². The molecule has 5 aromatic rings. The summed E-state index contributed by atoms with van der Waals surface area (Å²) in [7, 11) is 2.17. The van der Waals surface area contributed by atoms with Crippen molar-refractivity contribution in [1.29, 1.82) is 0 Å². The summed E-state index contributed by atoms with van der Waals surface area (Å²) in [5.41, 5.74) is 6.95. The molecule has 12 rings (SSSR count). The van der Waals surface area contributed by atoms with Crippen molar-refractivity contribution in [1.82, 2.24) is 34.6 Å². The number of likely N-dealkylation sites (tertiary alicyclic amines) is 3. The Kier molecular flexibility index (Phi) is 14.0. The highest BCUT2D eigenvalue weighted by Crippen LogP contribution is 2.52. The van der Waals surface area contributed by atoms with Gasteiger partial charge in [-0.2, -0.15) is 0 Å². The molecule has 400 valence electrons. The zero-order chi connectivity index (χ0) is 52.2. The van der Waals surface area contributed by atoms with Crippen molar-refractivity contribution in [3.63, 3.8) is 0 Å². The number of hydrogen-bond acceptors (Lipinski definition) is 10. The fourth-order valence-electron chi connectivity index (χ4n) is 14.3. The molecule has 2 N–H and O–H groups in total. The summed E-state index contributed by atoms with van der Waals surface area (Å²) in [6.07, 6.45) is 15.9. The lowest BCUT2D eigenvalue weighted by Gasteiger charge is -2.48. The quantitative estimate of drug-likeness (QED) is 0.116. The summed E-state index contributed by atoms with van der Waals surface area (Å²) in [5, 5.41) is 5.78. The number of rotatable bonds is 12. The Morgan fingerprint density at radius 2 is 1.58 bits per heavy atom. The number of carbonyl (C=O) groups excluding carboxylic acids is 4. The Morgan fingerprint density at radius 3 is 2.29 bits per heavy atom. The van der Waals surface area contributed by atoms with E-state index in [4.69, 9.17) is 9.97 Å². The first-order valence-electron chi connectivity index (χ1n) is 28.7. The number of carbonyl (C=O) groups is 4. The van der Waals surface area contributed by atoms with Gasteiger partial charge in [0.25, 0.3) is 0 Å². The van der Waals surface area contributed by atoms with E-state index >= 15 is 9.18 Å². The lowest BCUT2D eigenvalue weighted by Crippen LogP contribution is -2.58. The number of pyridine rings is 1. The molecule has 14 nitrogen and oxygen atoms in total. The Balaban J connectivity index is 0.693. The summed E-state index contributed by atoms with van der Waals surface area (Å²) in [6, 6.07) is 24.6. The average molecular weight is 1030 g/mol. The number of imide groups is 1. The first kappa shape index (κ1) is 50.6. The highest BCUT2D eigenvalue weighted by molar-refractivity contribution is 6.09. The standard InChI is InChI=1S/C61H75FN10O4/c1-39(2)71-38-63-53-36-52(65-57(56(53)71)64-51-10-6-5-9-50(51)62)43-17-21-49-54(33-43)72(47-34-46(35-47)69-27-7-4-8-28-69)60(76)61(49)25-31-70(32-26-61)59(75)42-13-11-40(12-14-42)37-68-29-23-45(24-30-68)67(3)44-18-15-41(16-19-44)48-20-22-55(73)66-58(48)74/h5-6,9-10,15-19,21,33,36,38-40,42,45-48H,4,7-8,11-14,20,22-32,34-35,37H2,1-3H3,(H,64,65)(H,66,73,74). The average Bonchev–Trinajstić information content (AvgIpc) is 4.08. The third-order valence-electron chi connectivity index (χ3n) is 19.0. The van der Waals surface area contributed by atoms with E-state index < -0.39 is 5.41 Å². The van der Waals surface area contributed by atoms with Crippen LogP contribution in [0.4, 0.5) is 27.3 Å². The van der Waals surface area contributed by atoms with Gasteiger partial charge in [-0.25, -0.2) is 14.4 Å². The third-order valence-corrected chi connectivity index (χ3v) is 19.0. The second-order valence-corrected chi connectivity index (χ2v) is 23.7. The van der Waals surface area contributed by atoms with Crippen LogP contribution in [0.3, 0.4) is 0 Å². The minimum atomic E-state index is -0.686. The summed E-state index contributed by atoms with van der Waals surface area (Å²) in [6.45, 7) is 10.8. The van der Waals surface area contributed by atoms with Crippen molar-refractivity contribution in [2.75, 3.05) is 68.0 Å². The molecule has 5 aliphatic heterocycles. The normalized spacial score (nSPS) is 25.5. The van der Waals surface area contributed by atoms with Gasteiger partial charge in [0.1, 0.15) is 11.3 Å². The molecule has 0 radical (unpaired) electrons. The Hall–Kier alpha value is -6.19. The second kappa shape index (κ2) is 21.0. The molecule has 2 aliphatic carbocycles. The van der Waals surface area contributed by atoms with Crippen molar-refractivity contribution in [3.8, 4) is 11.3 Å². The Morgan fingerprint density at radius 1 is 0.842 bits per heavy atom. The van der Waals surface area contributed by atoms with E-state index in [1.165, 1.54) is 25.3 Å². The number of para-hydroxylation sites is 1. The number of aromatic nitrogens is 3. The van der Waals surface area contributed by atoms with Crippen LogP contribution in [0.2, 0.25) is 0 Å². The summed E-state index contributed by atoms with van der Waals surface area (Å²) >= 11 is 0. The molecule has 6 fully saturated rings. The molecule has 3 aromatic carbocycles.